The third kappa shape index (κ3) is 3.17. The maximum Gasteiger partial charge on any atom is 0.326 e. The first-order valence-electron chi connectivity index (χ1n) is 8.27. The number of carboxylic acid groups (broad SMARTS) is 1. The van der Waals surface area contributed by atoms with Crippen molar-refractivity contribution < 1.29 is 9.90 Å². The number of hydrogen-bond acceptors (Lipinski definition) is 5. The van der Waals surface area contributed by atoms with Crippen LogP contribution in [0.3, 0.4) is 0 Å². The Morgan fingerprint density at radius 3 is 2.96 bits per heavy atom. The summed E-state index contributed by atoms with van der Waals surface area (Å²) in [5.41, 5.74) is 1.33. The van der Waals surface area contributed by atoms with Crippen molar-refractivity contribution in [3.8, 4) is 0 Å². The van der Waals surface area contributed by atoms with E-state index in [-0.39, 0.29) is 0 Å². The van der Waals surface area contributed by atoms with Gasteiger partial charge in [0, 0.05) is 4.88 Å². The molecule has 0 bridgehead atoms. The molecule has 0 aromatic carbocycles. The number of carbonyl (C=O) groups is 1. The first-order chi connectivity index (χ1) is 11.0. The maximum atomic E-state index is 11.5. The molecular formula is C17H23N3O2S. The standard InChI is InChI=1S/C17H23N3O2S/c1-4-5-12(17(21)22)20-15-14-11-7-6-9(2)8-13(11)23-16(14)19-10(3)18-15/h9,12H,4-8H2,1-3H3,(H,21,22)(H,18,19,20). The van der Waals surface area contributed by atoms with Crippen LogP contribution < -0.4 is 5.32 Å². The Kier molecular flexibility index (Phi) is 4.53. The average molecular weight is 333 g/mol. The number of rotatable bonds is 5. The normalized spacial score (nSPS) is 18.7. The SMILES string of the molecule is CCCC(Nc1nc(C)nc2sc3c(c12)CCC(C)C3)C(=O)O. The second kappa shape index (κ2) is 6.43. The van der Waals surface area contributed by atoms with Crippen molar-refractivity contribution in [2.45, 2.75) is 58.9 Å². The Morgan fingerprint density at radius 1 is 1.48 bits per heavy atom. The van der Waals surface area contributed by atoms with Crippen LogP contribution in [-0.4, -0.2) is 27.1 Å². The summed E-state index contributed by atoms with van der Waals surface area (Å²) in [6, 6.07) is -0.601. The van der Waals surface area contributed by atoms with E-state index in [9.17, 15) is 9.90 Å². The largest absolute Gasteiger partial charge is 0.480 e. The number of anilines is 1. The molecule has 2 N–H and O–H groups in total. The van der Waals surface area contributed by atoms with Crippen molar-refractivity contribution in [3.05, 3.63) is 16.3 Å². The number of fused-ring (bicyclic) bond motifs is 3. The van der Waals surface area contributed by atoms with Gasteiger partial charge in [0.15, 0.2) is 0 Å². The second-order valence-corrected chi connectivity index (χ2v) is 7.56. The van der Waals surface area contributed by atoms with E-state index < -0.39 is 12.0 Å². The predicted molar refractivity (Wildman–Crippen MR) is 93.3 cm³/mol. The molecule has 2 atom stereocenters. The molecule has 0 spiro atoms. The Hall–Kier alpha value is -1.69. The number of hydrogen-bond donors (Lipinski definition) is 2. The molecule has 23 heavy (non-hydrogen) atoms. The summed E-state index contributed by atoms with van der Waals surface area (Å²) >= 11 is 1.74. The smallest absolute Gasteiger partial charge is 0.326 e. The second-order valence-electron chi connectivity index (χ2n) is 6.48. The van der Waals surface area contributed by atoms with Crippen LogP contribution in [0, 0.1) is 12.8 Å². The topological polar surface area (TPSA) is 75.1 Å². The molecule has 124 valence electrons. The lowest BCUT2D eigenvalue weighted by atomic mass is 9.89. The molecule has 2 unspecified atom stereocenters. The monoisotopic (exact) mass is 333 g/mol. The Labute approximate surface area is 140 Å². The highest BCUT2D eigenvalue weighted by molar-refractivity contribution is 7.19. The molecular weight excluding hydrogens is 310 g/mol. The molecule has 1 aliphatic carbocycles. The van der Waals surface area contributed by atoms with Gasteiger partial charge in [-0.2, -0.15) is 0 Å². The number of nitrogens with zero attached hydrogens (tertiary/aromatic N) is 2. The van der Waals surface area contributed by atoms with Gasteiger partial charge in [0.2, 0.25) is 0 Å². The molecule has 6 heteroatoms. The van der Waals surface area contributed by atoms with E-state index in [1.54, 1.807) is 11.3 Å². The lowest BCUT2D eigenvalue weighted by Crippen LogP contribution is -2.29. The lowest BCUT2D eigenvalue weighted by Gasteiger charge is -2.19. The molecule has 3 rings (SSSR count). The summed E-state index contributed by atoms with van der Waals surface area (Å²) in [4.78, 5) is 23.0. The zero-order valence-corrected chi connectivity index (χ0v) is 14.7. The van der Waals surface area contributed by atoms with Gasteiger partial charge in [-0.15, -0.1) is 11.3 Å². The van der Waals surface area contributed by atoms with E-state index in [4.69, 9.17) is 0 Å². The minimum absolute atomic E-state index is 0.587. The summed E-state index contributed by atoms with van der Waals surface area (Å²) in [6.07, 6.45) is 4.69. The van der Waals surface area contributed by atoms with E-state index in [0.717, 1.165) is 29.5 Å². The Morgan fingerprint density at radius 2 is 2.26 bits per heavy atom. The predicted octanol–water partition coefficient (Wildman–Crippen LogP) is 3.79. The average Bonchev–Trinajstić information content (AvgIpc) is 2.83. The van der Waals surface area contributed by atoms with Crippen LogP contribution in [0.4, 0.5) is 5.82 Å². The van der Waals surface area contributed by atoms with E-state index in [0.29, 0.717) is 24.0 Å². The van der Waals surface area contributed by atoms with Gasteiger partial charge in [0.05, 0.1) is 5.39 Å². The van der Waals surface area contributed by atoms with Crippen molar-refractivity contribution in [3.63, 3.8) is 0 Å². The molecule has 0 saturated carbocycles. The minimum Gasteiger partial charge on any atom is -0.480 e. The van der Waals surface area contributed by atoms with Crippen LogP contribution in [0.25, 0.3) is 10.2 Å². The highest BCUT2D eigenvalue weighted by Crippen LogP contribution is 2.40. The molecule has 2 heterocycles. The summed E-state index contributed by atoms with van der Waals surface area (Å²) < 4.78 is 0. The van der Waals surface area contributed by atoms with Crippen molar-refractivity contribution in [2.75, 3.05) is 5.32 Å². The quantitative estimate of drug-likeness (QED) is 0.870. The van der Waals surface area contributed by atoms with Gasteiger partial charge < -0.3 is 10.4 Å². The van der Waals surface area contributed by atoms with Gasteiger partial charge in [-0.3, -0.25) is 0 Å². The van der Waals surface area contributed by atoms with E-state index >= 15 is 0 Å². The fourth-order valence-electron chi connectivity index (χ4n) is 3.26. The fraction of sp³-hybridized carbons (Fsp3) is 0.588. The number of nitrogens with one attached hydrogen (secondary N) is 1. The molecule has 5 nitrogen and oxygen atoms in total. The number of aryl methyl sites for hydroxylation is 2. The number of aromatic nitrogens is 2. The van der Waals surface area contributed by atoms with Crippen LogP contribution in [0.5, 0.6) is 0 Å². The van der Waals surface area contributed by atoms with E-state index in [1.165, 1.54) is 16.9 Å². The van der Waals surface area contributed by atoms with Crippen molar-refractivity contribution in [1.29, 1.82) is 0 Å². The number of carboxylic acids is 1. The third-order valence-electron chi connectivity index (χ3n) is 4.45. The van der Waals surface area contributed by atoms with Crippen LogP contribution in [0.1, 0.15) is 49.4 Å². The Balaban J connectivity index is 2.07. The van der Waals surface area contributed by atoms with Crippen LogP contribution in [-0.2, 0) is 17.6 Å². The fourth-order valence-corrected chi connectivity index (χ4v) is 4.69. The Bertz CT molecular complexity index is 741. The molecule has 2 aromatic heterocycles. The van der Waals surface area contributed by atoms with Crippen LogP contribution in [0.15, 0.2) is 0 Å². The van der Waals surface area contributed by atoms with Crippen molar-refractivity contribution in [2.24, 2.45) is 5.92 Å². The summed E-state index contributed by atoms with van der Waals surface area (Å²) in [5.74, 6) is 1.26. The van der Waals surface area contributed by atoms with E-state index in [1.807, 2.05) is 13.8 Å². The summed E-state index contributed by atoms with van der Waals surface area (Å²) in [7, 11) is 0. The van der Waals surface area contributed by atoms with Crippen molar-refractivity contribution >= 4 is 33.3 Å². The van der Waals surface area contributed by atoms with Crippen molar-refractivity contribution in [1.82, 2.24) is 9.97 Å². The molecule has 2 aromatic rings. The molecule has 0 radical (unpaired) electrons. The third-order valence-corrected chi connectivity index (χ3v) is 5.60. The van der Waals surface area contributed by atoms with Crippen LogP contribution in [0.2, 0.25) is 0 Å². The minimum atomic E-state index is -0.825. The molecule has 0 saturated heterocycles. The number of thiophene rings is 1. The zero-order valence-electron chi connectivity index (χ0n) is 13.8. The molecule has 1 aliphatic rings. The lowest BCUT2D eigenvalue weighted by molar-refractivity contribution is -0.138. The van der Waals surface area contributed by atoms with Crippen LogP contribution >= 0.6 is 11.3 Å². The van der Waals surface area contributed by atoms with E-state index in [2.05, 4.69) is 22.2 Å². The van der Waals surface area contributed by atoms with Gasteiger partial charge in [-0.1, -0.05) is 20.3 Å². The summed E-state index contributed by atoms with van der Waals surface area (Å²) in [5, 5.41) is 13.6. The molecule has 0 amide bonds. The van der Waals surface area contributed by atoms with Gasteiger partial charge >= 0.3 is 5.97 Å². The van der Waals surface area contributed by atoms with Gasteiger partial charge in [-0.25, -0.2) is 14.8 Å². The van der Waals surface area contributed by atoms with Gasteiger partial charge in [-0.05, 0) is 44.1 Å². The maximum absolute atomic E-state index is 11.5. The number of aliphatic carboxylic acids is 1. The zero-order chi connectivity index (χ0) is 16.6. The highest BCUT2D eigenvalue weighted by atomic mass is 32.1. The van der Waals surface area contributed by atoms with Gasteiger partial charge in [0.25, 0.3) is 0 Å². The first kappa shape index (κ1) is 16.2. The molecule has 0 aliphatic heterocycles. The highest BCUT2D eigenvalue weighted by Gasteiger charge is 2.25. The van der Waals surface area contributed by atoms with Gasteiger partial charge in [0.1, 0.15) is 22.5 Å². The molecule has 0 fully saturated rings. The first-order valence-corrected chi connectivity index (χ1v) is 9.09. The summed E-state index contributed by atoms with van der Waals surface area (Å²) in [6.45, 7) is 6.14.